The Kier molecular flexibility index (Phi) is 5.18. The van der Waals surface area contributed by atoms with Crippen LogP contribution in [0.2, 0.25) is 0 Å². The Morgan fingerprint density at radius 2 is 1.72 bits per heavy atom. The number of hydrogen-bond acceptors (Lipinski definition) is 1. The van der Waals surface area contributed by atoms with E-state index in [0.29, 0.717) is 0 Å². The minimum Gasteiger partial charge on any atom is -0.330 e. The minimum atomic E-state index is -0.0648. The molecule has 0 bridgehead atoms. The first-order chi connectivity index (χ1) is 8.61. The molecule has 0 fully saturated rings. The van der Waals surface area contributed by atoms with E-state index in [-0.39, 0.29) is 6.03 Å². The Balaban J connectivity index is 3.15. The van der Waals surface area contributed by atoms with E-state index >= 15 is 0 Å². The summed E-state index contributed by atoms with van der Waals surface area (Å²) in [6, 6.07) is 9.82. The summed E-state index contributed by atoms with van der Waals surface area (Å²) < 4.78 is 0. The first kappa shape index (κ1) is 14.0. The molecule has 0 radical (unpaired) electrons. The number of rotatable bonds is 3. The molecule has 0 N–H and O–H groups in total. The van der Waals surface area contributed by atoms with Crippen LogP contribution in [-0.2, 0) is 0 Å². The van der Waals surface area contributed by atoms with Crippen molar-refractivity contribution < 1.29 is 4.79 Å². The van der Waals surface area contributed by atoms with Crippen LogP contribution in [0.4, 0.5) is 4.79 Å². The van der Waals surface area contributed by atoms with E-state index in [2.05, 4.69) is 0 Å². The molecule has 0 aliphatic heterocycles. The maximum atomic E-state index is 12.2. The molecule has 0 aromatic heterocycles. The maximum absolute atomic E-state index is 12.2. The van der Waals surface area contributed by atoms with Crippen LogP contribution in [0, 0.1) is 0 Å². The number of amides is 2. The van der Waals surface area contributed by atoms with E-state index in [1.54, 1.807) is 30.1 Å². The van der Waals surface area contributed by atoms with Crippen molar-refractivity contribution in [1.29, 1.82) is 0 Å². The molecule has 3 heteroatoms. The van der Waals surface area contributed by atoms with Gasteiger partial charge >= 0.3 is 6.03 Å². The van der Waals surface area contributed by atoms with Crippen LogP contribution < -0.4 is 0 Å². The number of benzene rings is 1. The van der Waals surface area contributed by atoms with Gasteiger partial charge < -0.3 is 4.90 Å². The molecule has 0 saturated carbocycles. The quantitative estimate of drug-likeness (QED) is 0.797. The van der Waals surface area contributed by atoms with Gasteiger partial charge in [0, 0.05) is 20.3 Å². The standard InChI is InChI=1S/C15H20N2O/c1-5-12-17(15(18)16(3)4)14(6-2)13-10-8-7-9-11-13/h5-12H,1-4H3/b12-5+,14-6+. The first-order valence-electron chi connectivity index (χ1n) is 5.96. The largest absolute Gasteiger partial charge is 0.330 e. The molecule has 3 nitrogen and oxygen atoms in total. The third-order valence-corrected chi connectivity index (χ3v) is 2.49. The Morgan fingerprint density at radius 3 is 2.17 bits per heavy atom. The average Bonchev–Trinajstić information content (AvgIpc) is 2.39. The van der Waals surface area contributed by atoms with Gasteiger partial charge in [-0.3, -0.25) is 4.90 Å². The fourth-order valence-electron chi connectivity index (χ4n) is 1.67. The molecule has 0 atom stereocenters. The summed E-state index contributed by atoms with van der Waals surface area (Å²) in [4.78, 5) is 15.4. The molecule has 18 heavy (non-hydrogen) atoms. The normalized spacial score (nSPS) is 11.7. The average molecular weight is 244 g/mol. The zero-order chi connectivity index (χ0) is 13.5. The molecular formula is C15H20N2O. The highest BCUT2D eigenvalue weighted by molar-refractivity contribution is 5.86. The summed E-state index contributed by atoms with van der Waals surface area (Å²) in [5.41, 5.74) is 1.90. The number of nitrogens with zero attached hydrogens (tertiary/aromatic N) is 2. The molecule has 96 valence electrons. The summed E-state index contributed by atoms with van der Waals surface area (Å²) in [5.74, 6) is 0. The Labute approximate surface area is 109 Å². The van der Waals surface area contributed by atoms with E-state index < -0.39 is 0 Å². The number of carbonyl (C=O) groups excluding carboxylic acids is 1. The van der Waals surface area contributed by atoms with Crippen LogP contribution in [0.1, 0.15) is 19.4 Å². The third kappa shape index (κ3) is 3.23. The van der Waals surface area contributed by atoms with Gasteiger partial charge in [0.15, 0.2) is 0 Å². The maximum Gasteiger partial charge on any atom is 0.328 e. The summed E-state index contributed by atoms with van der Waals surface area (Å²) >= 11 is 0. The van der Waals surface area contributed by atoms with Crippen molar-refractivity contribution in [3.8, 4) is 0 Å². The van der Waals surface area contributed by atoms with Crippen LogP contribution in [0.5, 0.6) is 0 Å². The van der Waals surface area contributed by atoms with E-state index in [1.165, 1.54) is 0 Å². The summed E-state index contributed by atoms with van der Waals surface area (Å²) in [7, 11) is 3.49. The van der Waals surface area contributed by atoms with Crippen molar-refractivity contribution in [2.45, 2.75) is 13.8 Å². The molecule has 0 heterocycles. The Hall–Kier alpha value is -2.03. The fourth-order valence-corrected chi connectivity index (χ4v) is 1.67. The van der Waals surface area contributed by atoms with Gasteiger partial charge in [0.2, 0.25) is 0 Å². The highest BCUT2D eigenvalue weighted by Crippen LogP contribution is 2.20. The summed E-state index contributed by atoms with van der Waals surface area (Å²) in [6.45, 7) is 3.83. The molecule has 2 amide bonds. The molecule has 0 aliphatic rings. The predicted molar refractivity (Wildman–Crippen MR) is 75.8 cm³/mol. The number of allylic oxidation sites excluding steroid dienone is 2. The predicted octanol–water partition coefficient (Wildman–Crippen LogP) is 3.56. The topological polar surface area (TPSA) is 23.6 Å². The van der Waals surface area contributed by atoms with Gasteiger partial charge in [0.25, 0.3) is 0 Å². The van der Waals surface area contributed by atoms with Crippen molar-refractivity contribution >= 4 is 11.7 Å². The molecular weight excluding hydrogens is 224 g/mol. The summed E-state index contributed by atoms with van der Waals surface area (Å²) in [6.07, 6.45) is 5.58. The number of carbonyl (C=O) groups is 1. The van der Waals surface area contributed by atoms with Crippen molar-refractivity contribution in [3.05, 3.63) is 54.2 Å². The van der Waals surface area contributed by atoms with Crippen molar-refractivity contribution in [3.63, 3.8) is 0 Å². The zero-order valence-electron chi connectivity index (χ0n) is 11.4. The van der Waals surface area contributed by atoms with E-state index in [0.717, 1.165) is 11.3 Å². The second kappa shape index (κ2) is 6.64. The summed E-state index contributed by atoms with van der Waals surface area (Å²) in [5, 5.41) is 0. The van der Waals surface area contributed by atoms with Crippen LogP contribution in [0.25, 0.3) is 5.70 Å². The molecule has 0 aliphatic carbocycles. The van der Waals surface area contributed by atoms with Crippen LogP contribution in [0.15, 0.2) is 48.7 Å². The second-order valence-electron chi connectivity index (χ2n) is 4.07. The van der Waals surface area contributed by atoms with Gasteiger partial charge in [-0.15, -0.1) is 0 Å². The lowest BCUT2D eigenvalue weighted by molar-refractivity contribution is 0.202. The monoisotopic (exact) mass is 244 g/mol. The van der Waals surface area contributed by atoms with Gasteiger partial charge in [0.1, 0.15) is 0 Å². The van der Waals surface area contributed by atoms with Gasteiger partial charge in [-0.1, -0.05) is 42.5 Å². The number of urea groups is 1. The molecule has 0 spiro atoms. The van der Waals surface area contributed by atoms with Crippen molar-refractivity contribution in [1.82, 2.24) is 9.80 Å². The number of hydrogen-bond donors (Lipinski definition) is 0. The van der Waals surface area contributed by atoms with Crippen molar-refractivity contribution in [2.75, 3.05) is 14.1 Å². The van der Waals surface area contributed by atoms with Crippen LogP contribution in [0.3, 0.4) is 0 Å². The minimum absolute atomic E-state index is 0.0648. The first-order valence-corrected chi connectivity index (χ1v) is 5.96. The van der Waals surface area contributed by atoms with Gasteiger partial charge in [0.05, 0.1) is 5.70 Å². The smallest absolute Gasteiger partial charge is 0.328 e. The van der Waals surface area contributed by atoms with Gasteiger partial charge in [-0.25, -0.2) is 4.79 Å². The molecule has 0 saturated heterocycles. The molecule has 1 aromatic rings. The molecule has 0 unspecified atom stereocenters. The van der Waals surface area contributed by atoms with Gasteiger partial charge in [-0.2, -0.15) is 0 Å². The lowest BCUT2D eigenvalue weighted by Gasteiger charge is -2.25. The molecule has 1 aromatic carbocycles. The Bertz CT molecular complexity index is 447. The Morgan fingerprint density at radius 1 is 1.11 bits per heavy atom. The van der Waals surface area contributed by atoms with Crippen LogP contribution in [-0.4, -0.2) is 29.9 Å². The second-order valence-corrected chi connectivity index (χ2v) is 4.07. The van der Waals surface area contributed by atoms with Crippen LogP contribution >= 0.6 is 0 Å². The van der Waals surface area contributed by atoms with E-state index in [9.17, 15) is 4.79 Å². The van der Waals surface area contributed by atoms with Crippen molar-refractivity contribution in [2.24, 2.45) is 0 Å². The lowest BCUT2D eigenvalue weighted by Crippen LogP contribution is -2.34. The highest BCUT2D eigenvalue weighted by atomic mass is 16.2. The fraction of sp³-hybridized carbons (Fsp3) is 0.267. The SMILES string of the molecule is C/C=C/N(C(=O)N(C)C)/C(=C/C)c1ccccc1. The third-order valence-electron chi connectivity index (χ3n) is 2.49. The zero-order valence-corrected chi connectivity index (χ0v) is 11.4. The molecule has 1 rings (SSSR count). The lowest BCUT2D eigenvalue weighted by atomic mass is 10.1. The highest BCUT2D eigenvalue weighted by Gasteiger charge is 2.17. The van der Waals surface area contributed by atoms with E-state index in [1.807, 2.05) is 56.3 Å². The van der Waals surface area contributed by atoms with E-state index in [4.69, 9.17) is 0 Å². The van der Waals surface area contributed by atoms with Gasteiger partial charge in [-0.05, 0) is 19.4 Å².